The number of hydrogen-bond donors (Lipinski definition) is 2. The van der Waals surface area contributed by atoms with Gasteiger partial charge < -0.3 is 15.5 Å². The van der Waals surface area contributed by atoms with Gasteiger partial charge in [0.1, 0.15) is 0 Å². The van der Waals surface area contributed by atoms with Gasteiger partial charge >= 0.3 is 0 Å². The van der Waals surface area contributed by atoms with E-state index in [2.05, 4.69) is 61.4 Å². The molecular weight excluding hydrogens is 423 g/mol. The lowest BCUT2D eigenvalue weighted by Crippen LogP contribution is -2.40. The van der Waals surface area contributed by atoms with Gasteiger partial charge in [-0.15, -0.1) is 24.0 Å². The summed E-state index contributed by atoms with van der Waals surface area (Å²) in [5.74, 6) is 1.67. The Bertz CT molecular complexity index is 544. The van der Waals surface area contributed by atoms with E-state index in [9.17, 15) is 0 Å². The van der Waals surface area contributed by atoms with E-state index in [-0.39, 0.29) is 24.0 Å². The standard InChI is InChI=1S/C20H34N4.HI/c1-5-10-24-11-9-18(15-24)13-22-20(21-6-2)23-14-19-8-7-16(3)12-17(19)4;/h7-8,12,18H,5-6,9-11,13-15H2,1-4H3,(H2,21,22,23);1H. The fourth-order valence-electron chi connectivity index (χ4n) is 3.37. The predicted octanol–water partition coefficient (Wildman–Crippen LogP) is 3.71. The zero-order chi connectivity index (χ0) is 17.4. The number of nitrogens with zero attached hydrogens (tertiary/aromatic N) is 2. The Morgan fingerprint density at radius 2 is 2.04 bits per heavy atom. The largest absolute Gasteiger partial charge is 0.357 e. The molecule has 25 heavy (non-hydrogen) atoms. The zero-order valence-corrected chi connectivity index (χ0v) is 18.6. The Balaban J connectivity index is 0.00000312. The minimum absolute atomic E-state index is 0. The molecule has 1 aliphatic heterocycles. The molecule has 0 amide bonds. The van der Waals surface area contributed by atoms with E-state index in [1.807, 2.05) is 0 Å². The second kappa shape index (κ2) is 11.7. The van der Waals surface area contributed by atoms with Gasteiger partial charge in [-0.25, -0.2) is 4.99 Å². The maximum absolute atomic E-state index is 4.77. The number of nitrogens with one attached hydrogen (secondary N) is 2. The first-order valence-corrected chi connectivity index (χ1v) is 9.43. The summed E-state index contributed by atoms with van der Waals surface area (Å²) in [6, 6.07) is 6.59. The van der Waals surface area contributed by atoms with E-state index in [0.29, 0.717) is 0 Å². The highest BCUT2D eigenvalue weighted by Gasteiger charge is 2.21. The lowest BCUT2D eigenvalue weighted by molar-refractivity contribution is 0.324. The molecule has 1 aliphatic rings. The van der Waals surface area contributed by atoms with Crippen molar-refractivity contribution in [2.75, 3.05) is 32.7 Å². The molecule has 1 fully saturated rings. The summed E-state index contributed by atoms with van der Waals surface area (Å²) in [5.41, 5.74) is 3.93. The van der Waals surface area contributed by atoms with Crippen molar-refractivity contribution < 1.29 is 0 Å². The molecule has 0 bridgehead atoms. The third-order valence-corrected chi connectivity index (χ3v) is 4.72. The molecule has 1 saturated heterocycles. The van der Waals surface area contributed by atoms with Gasteiger partial charge in [-0.05, 0) is 63.7 Å². The van der Waals surface area contributed by atoms with Crippen LogP contribution in [0.5, 0.6) is 0 Å². The highest BCUT2D eigenvalue weighted by Crippen LogP contribution is 2.15. The lowest BCUT2D eigenvalue weighted by Gasteiger charge is -2.17. The van der Waals surface area contributed by atoms with Crippen LogP contribution in [0.2, 0.25) is 0 Å². The second-order valence-electron chi connectivity index (χ2n) is 6.96. The zero-order valence-electron chi connectivity index (χ0n) is 16.3. The van der Waals surface area contributed by atoms with Gasteiger partial charge in [0.25, 0.3) is 0 Å². The van der Waals surface area contributed by atoms with E-state index in [4.69, 9.17) is 4.99 Å². The highest BCUT2D eigenvalue weighted by molar-refractivity contribution is 14.0. The van der Waals surface area contributed by atoms with Crippen molar-refractivity contribution in [1.29, 1.82) is 0 Å². The summed E-state index contributed by atoms with van der Waals surface area (Å²) in [5, 5.41) is 6.91. The molecule has 1 aromatic carbocycles. The maximum atomic E-state index is 4.77. The monoisotopic (exact) mass is 458 g/mol. The summed E-state index contributed by atoms with van der Waals surface area (Å²) >= 11 is 0. The van der Waals surface area contributed by atoms with E-state index < -0.39 is 0 Å². The van der Waals surface area contributed by atoms with Gasteiger partial charge in [0.2, 0.25) is 0 Å². The molecule has 0 aromatic heterocycles. The Morgan fingerprint density at radius 3 is 2.72 bits per heavy atom. The summed E-state index contributed by atoms with van der Waals surface area (Å²) in [4.78, 5) is 7.35. The minimum Gasteiger partial charge on any atom is -0.357 e. The Kier molecular flexibility index (Phi) is 10.4. The van der Waals surface area contributed by atoms with Crippen LogP contribution < -0.4 is 10.6 Å². The van der Waals surface area contributed by atoms with E-state index >= 15 is 0 Å². The van der Waals surface area contributed by atoms with E-state index in [1.54, 1.807) is 0 Å². The average molecular weight is 458 g/mol. The molecular formula is C20H35IN4. The van der Waals surface area contributed by atoms with Gasteiger partial charge in [0, 0.05) is 19.6 Å². The molecule has 1 unspecified atom stereocenters. The number of benzene rings is 1. The van der Waals surface area contributed by atoms with Gasteiger partial charge in [-0.2, -0.15) is 0 Å². The van der Waals surface area contributed by atoms with E-state index in [0.717, 1.165) is 31.5 Å². The molecule has 2 rings (SSSR count). The van der Waals surface area contributed by atoms with Crippen LogP contribution in [-0.4, -0.2) is 43.6 Å². The third-order valence-electron chi connectivity index (χ3n) is 4.72. The molecule has 142 valence electrons. The van der Waals surface area contributed by atoms with Crippen molar-refractivity contribution in [2.45, 2.75) is 47.1 Å². The Hall–Kier alpha value is -0.820. The smallest absolute Gasteiger partial charge is 0.191 e. The number of guanidine groups is 1. The first kappa shape index (κ1) is 22.2. The minimum atomic E-state index is 0. The first-order valence-electron chi connectivity index (χ1n) is 9.43. The van der Waals surface area contributed by atoms with Crippen molar-refractivity contribution in [3.05, 3.63) is 34.9 Å². The van der Waals surface area contributed by atoms with Crippen LogP contribution in [0.3, 0.4) is 0 Å². The topological polar surface area (TPSA) is 39.7 Å². The van der Waals surface area contributed by atoms with Crippen molar-refractivity contribution in [3.63, 3.8) is 0 Å². The van der Waals surface area contributed by atoms with Crippen molar-refractivity contribution in [1.82, 2.24) is 15.5 Å². The van der Waals surface area contributed by atoms with Crippen molar-refractivity contribution in [3.8, 4) is 0 Å². The van der Waals surface area contributed by atoms with Gasteiger partial charge in [0.05, 0.1) is 6.54 Å². The normalized spacial score (nSPS) is 18.1. The van der Waals surface area contributed by atoms with Crippen molar-refractivity contribution >= 4 is 29.9 Å². The number of aliphatic imine (C=N–C) groups is 1. The SMILES string of the molecule is CCCN1CCC(CNC(=NCc2ccc(C)cc2C)NCC)C1.I. The number of aryl methyl sites for hydroxylation is 2. The molecule has 5 heteroatoms. The first-order chi connectivity index (χ1) is 11.6. The van der Waals surface area contributed by atoms with Crippen LogP contribution in [0.4, 0.5) is 0 Å². The highest BCUT2D eigenvalue weighted by atomic mass is 127. The van der Waals surface area contributed by atoms with Crippen LogP contribution >= 0.6 is 24.0 Å². The van der Waals surface area contributed by atoms with Crippen LogP contribution in [0, 0.1) is 19.8 Å². The molecule has 0 saturated carbocycles. The molecule has 1 aromatic rings. The number of hydrogen-bond acceptors (Lipinski definition) is 2. The number of likely N-dealkylation sites (tertiary alicyclic amines) is 1. The molecule has 0 spiro atoms. The predicted molar refractivity (Wildman–Crippen MR) is 119 cm³/mol. The Labute approximate surface area is 170 Å². The van der Waals surface area contributed by atoms with Crippen LogP contribution in [0.1, 0.15) is 43.4 Å². The quantitative estimate of drug-likeness (QED) is 0.372. The molecule has 1 heterocycles. The number of halogens is 1. The molecule has 4 nitrogen and oxygen atoms in total. The summed E-state index contributed by atoms with van der Waals surface area (Å²) < 4.78 is 0. The molecule has 1 atom stereocenters. The van der Waals surface area contributed by atoms with Crippen LogP contribution in [-0.2, 0) is 6.54 Å². The third kappa shape index (κ3) is 7.52. The number of rotatable bonds is 7. The second-order valence-corrected chi connectivity index (χ2v) is 6.96. The van der Waals surface area contributed by atoms with E-state index in [1.165, 1.54) is 49.2 Å². The fourth-order valence-corrected chi connectivity index (χ4v) is 3.37. The maximum Gasteiger partial charge on any atom is 0.191 e. The molecule has 0 radical (unpaired) electrons. The average Bonchev–Trinajstić information content (AvgIpc) is 2.99. The van der Waals surface area contributed by atoms with Gasteiger partial charge in [0.15, 0.2) is 5.96 Å². The van der Waals surface area contributed by atoms with Gasteiger partial charge in [-0.3, -0.25) is 0 Å². The summed E-state index contributed by atoms with van der Waals surface area (Å²) in [6.07, 6.45) is 2.55. The summed E-state index contributed by atoms with van der Waals surface area (Å²) in [6.45, 7) is 15.0. The lowest BCUT2D eigenvalue weighted by atomic mass is 10.1. The molecule has 2 N–H and O–H groups in total. The van der Waals surface area contributed by atoms with Crippen molar-refractivity contribution in [2.24, 2.45) is 10.9 Å². The van der Waals surface area contributed by atoms with Crippen LogP contribution in [0.25, 0.3) is 0 Å². The fraction of sp³-hybridized carbons (Fsp3) is 0.650. The molecule has 0 aliphatic carbocycles. The van der Waals surface area contributed by atoms with Gasteiger partial charge in [-0.1, -0.05) is 30.7 Å². The Morgan fingerprint density at radius 1 is 1.24 bits per heavy atom. The van der Waals surface area contributed by atoms with Crippen LogP contribution in [0.15, 0.2) is 23.2 Å². The summed E-state index contributed by atoms with van der Waals surface area (Å²) in [7, 11) is 0.